The lowest BCUT2D eigenvalue weighted by atomic mass is 9.58. The van der Waals surface area contributed by atoms with Gasteiger partial charge < -0.3 is 39.6 Å². The molecule has 0 fully saturated rings. The quantitative estimate of drug-likeness (QED) is 0.238. The summed E-state index contributed by atoms with van der Waals surface area (Å²) in [5.74, 6) is -1.96. The van der Waals surface area contributed by atoms with Gasteiger partial charge in [0.05, 0.1) is 5.41 Å². The van der Waals surface area contributed by atoms with Crippen molar-refractivity contribution in [3.63, 3.8) is 0 Å². The van der Waals surface area contributed by atoms with E-state index in [1.807, 2.05) is 76.2 Å². The van der Waals surface area contributed by atoms with E-state index in [1.54, 1.807) is 12.1 Å². The number of hydrogen-bond acceptors (Lipinski definition) is 4. The summed E-state index contributed by atoms with van der Waals surface area (Å²) in [4.78, 5) is 43.1. The van der Waals surface area contributed by atoms with Crippen LogP contribution in [0.4, 0.5) is 0 Å². The smallest absolute Gasteiger partial charge is 0.361 e. The van der Waals surface area contributed by atoms with Crippen molar-refractivity contribution in [2.24, 2.45) is 5.41 Å². The molecule has 0 aromatic heterocycles. The van der Waals surface area contributed by atoms with Gasteiger partial charge in [-0.25, -0.2) is 9.13 Å². The van der Waals surface area contributed by atoms with Crippen LogP contribution < -0.4 is 0 Å². The van der Waals surface area contributed by atoms with Crippen molar-refractivity contribution in [3.05, 3.63) is 71.8 Å². The van der Waals surface area contributed by atoms with Crippen molar-refractivity contribution in [3.8, 4) is 0 Å². The van der Waals surface area contributed by atoms with Gasteiger partial charge in [0, 0.05) is 5.56 Å². The van der Waals surface area contributed by atoms with Crippen LogP contribution in [0.25, 0.3) is 0 Å². The monoisotopic (exact) mass is 480 g/mol. The summed E-state index contributed by atoms with van der Waals surface area (Å²) < 4.78 is 17.8. The Bertz CT molecular complexity index is 848. The number of aliphatic hydroxyl groups is 2. The highest BCUT2D eigenvalue weighted by atomic mass is 31.2. The fourth-order valence-electron chi connectivity index (χ4n) is 2.89. The van der Waals surface area contributed by atoms with Gasteiger partial charge in [0.15, 0.2) is 5.79 Å². The van der Waals surface area contributed by atoms with Gasteiger partial charge >= 0.3 is 15.6 Å². The third-order valence-electron chi connectivity index (χ3n) is 4.72. The molecule has 2 aromatic carbocycles. The third kappa shape index (κ3) is 10.2. The van der Waals surface area contributed by atoms with Crippen LogP contribution in [0.5, 0.6) is 0 Å². The van der Waals surface area contributed by atoms with Gasteiger partial charge in [0.25, 0.3) is 0 Å². The molecular weight excluding hydrogens is 450 g/mol. The maximum absolute atomic E-state index is 11.0. The molecule has 2 aromatic rings. The molecular formula is C19H30O10P2. The average Bonchev–Trinajstić information content (AvgIpc) is 2.58. The third-order valence-corrected chi connectivity index (χ3v) is 4.72. The molecule has 0 spiro atoms. The first-order valence-electron chi connectivity index (χ1n) is 8.83. The zero-order chi connectivity index (χ0) is 24.7. The number of hydrogen-bond donors (Lipinski definition) is 8. The molecule has 0 radical (unpaired) electrons. The van der Waals surface area contributed by atoms with Gasteiger partial charge in [-0.05, 0) is 17.9 Å². The van der Waals surface area contributed by atoms with Crippen molar-refractivity contribution >= 4 is 15.6 Å². The van der Waals surface area contributed by atoms with Crippen LogP contribution in [0.3, 0.4) is 0 Å². The fourth-order valence-corrected chi connectivity index (χ4v) is 2.89. The maximum atomic E-state index is 11.0. The second-order valence-corrected chi connectivity index (χ2v) is 9.86. The van der Waals surface area contributed by atoms with Crippen LogP contribution in [0.2, 0.25) is 0 Å². The molecule has 12 heteroatoms. The lowest BCUT2D eigenvalue weighted by Gasteiger charge is -2.50. The van der Waals surface area contributed by atoms with Crippen LogP contribution >= 0.6 is 15.6 Å². The van der Waals surface area contributed by atoms with Gasteiger partial charge in [0.2, 0.25) is 0 Å². The first-order chi connectivity index (χ1) is 13.7. The summed E-state index contributed by atoms with van der Waals surface area (Å²) in [5.41, 5.74) is 0.202. The fraction of sp³-hybridized carbons (Fsp3) is 0.368. The second-order valence-electron chi connectivity index (χ2n) is 7.81. The molecule has 0 aliphatic carbocycles. The molecule has 8 N–H and O–H groups in total. The minimum Gasteiger partial charge on any atom is -0.361 e. The van der Waals surface area contributed by atoms with Crippen molar-refractivity contribution in [1.82, 2.24) is 0 Å². The molecule has 10 nitrogen and oxygen atoms in total. The zero-order valence-electron chi connectivity index (χ0n) is 17.6. The van der Waals surface area contributed by atoms with E-state index in [0.717, 1.165) is 5.56 Å². The standard InChI is InChI=1S/C19H24O2.2H3O4P/c1-17(2,3)18(4,15-11-7-5-8-12-15)19(20,21)16-13-9-6-10-14-16;2*1-5(2,3)4/h5-14,20-21H,1-4H3;2*(H3,1,2,3,4). The van der Waals surface area contributed by atoms with Gasteiger partial charge in [-0.2, -0.15) is 0 Å². The number of benzene rings is 2. The van der Waals surface area contributed by atoms with Crippen LogP contribution in [0.15, 0.2) is 60.7 Å². The van der Waals surface area contributed by atoms with E-state index in [1.165, 1.54) is 0 Å². The number of phosphoric acid groups is 2. The molecule has 2 rings (SSSR count). The molecule has 176 valence electrons. The molecule has 0 bridgehead atoms. The first-order valence-corrected chi connectivity index (χ1v) is 12.0. The van der Waals surface area contributed by atoms with E-state index < -0.39 is 26.8 Å². The summed E-state index contributed by atoms with van der Waals surface area (Å²) >= 11 is 0. The van der Waals surface area contributed by atoms with Crippen LogP contribution in [-0.2, 0) is 20.3 Å². The van der Waals surface area contributed by atoms with E-state index in [-0.39, 0.29) is 5.41 Å². The number of rotatable bonds is 3. The molecule has 0 aliphatic rings. The summed E-state index contributed by atoms with van der Waals surface area (Å²) in [5, 5.41) is 22.1. The van der Waals surface area contributed by atoms with E-state index in [2.05, 4.69) is 0 Å². The Morgan fingerprint density at radius 2 is 0.839 bits per heavy atom. The topological polar surface area (TPSA) is 196 Å². The Morgan fingerprint density at radius 3 is 1.10 bits per heavy atom. The van der Waals surface area contributed by atoms with E-state index >= 15 is 0 Å². The summed E-state index contributed by atoms with van der Waals surface area (Å²) in [6.07, 6.45) is 0. The van der Waals surface area contributed by atoms with E-state index in [0.29, 0.717) is 5.56 Å². The minimum absolute atomic E-state index is 0.353. The SMILES string of the molecule is CC(C)(C)C(C)(c1ccccc1)C(O)(O)c1ccccc1.O=P(O)(O)O.O=P(O)(O)O. The minimum atomic E-state index is -4.64. The average molecular weight is 480 g/mol. The van der Waals surface area contributed by atoms with Crippen LogP contribution in [0, 0.1) is 5.41 Å². The Hall–Kier alpha value is -1.42. The zero-order valence-corrected chi connectivity index (χ0v) is 19.4. The molecule has 0 aliphatic heterocycles. The predicted octanol–water partition coefficient (Wildman–Crippen LogP) is 1.97. The predicted molar refractivity (Wildman–Crippen MR) is 114 cm³/mol. The molecule has 1 atom stereocenters. The van der Waals surface area contributed by atoms with Gasteiger partial charge in [-0.1, -0.05) is 81.4 Å². The summed E-state index contributed by atoms with van der Waals surface area (Å²) in [6, 6.07) is 18.7. The molecule has 1 unspecified atom stereocenters. The molecule has 0 saturated carbocycles. The molecule has 0 saturated heterocycles. The summed E-state index contributed by atoms with van der Waals surface area (Å²) in [6.45, 7) is 8.01. The van der Waals surface area contributed by atoms with Crippen molar-refractivity contribution in [1.29, 1.82) is 0 Å². The van der Waals surface area contributed by atoms with Gasteiger partial charge in [-0.3, -0.25) is 0 Å². The molecule has 0 amide bonds. The highest BCUT2D eigenvalue weighted by molar-refractivity contribution is 7.45. The maximum Gasteiger partial charge on any atom is 0.466 e. The van der Waals surface area contributed by atoms with Crippen molar-refractivity contribution < 1.29 is 48.7 Å². The van der Waals surface area contributed by atoms with Crippen molar-refractivity contribution in [2.75, 3.05) is 0 Å². The Kier molecular flexibility index (Phi) is 10.4. The highest BCUT2D eigenvalue weighted by Crippen LogP contribution is 2.51. The second kappa shape index (κ2) is 10.9. The Balaban J connectivity index is 0.000000752. The lowest BCUT2D eigenvalue weighted by Crippen LogP contribution is -2.55. The Morgan fingerprint density at radius 1 is 0.581 bits per heavy atom. The van der Waals surface area contributed by atoms with Gasteiger partial charge in [0.1, 0.15) is 0 Å². The van der Waals surface area contributed by atoms with Crippen LogP contribution in [-0.4, -0.2) is 39.6 Å². The lowest BCUT2D eigenvalue weighted by molar-refractivity contribution is -0.244. The highest BCUT2D eigenvalue weighted by Gasteiger charge is 2.55. The molecule has 0 heterocycles. The Labute approximate surface area is 181 Å². The van der Waals surface area contributed by atoms with Crippen molar-refractivity contribution in [2.45, 2.75) is 38.9 Å². The van der Waals surface area contributed by atoms with E-state index in [4.69, 9.17) is 38.5 Å². The van der Waals surface area contributed by atoms with Crippen LogP contribution in [0.1, 0.15) is 38.8 Å². The largest absolute Gasteiger partial charge is 0.466 e. The first kappa shape index (κ1) is 29.6. The normalized spacial score (nSPS) is 14.3. The summed E-state index contributed by atoms with van der Waals surface area (Å²) in [7, 11) is -9.28. The van der Waals surface area contributed by atoms with E-state index in [9.17, 15) is 10.2 Å². The molecule has 31 heavy (non-hydrogen) atoms. The van der Waals surface area contributed by atoms with Gasteiger partial charge in [-0.15, -0.1) is 0 Å².